The molecule has 0 atom stereocenters. The number of methoxy groups -OCH3 is 1. The van der Waals surface area contributed by atoms with E-state index in [0.717, 1.165) is 16.7 Å². The van der Waals surface area contributed by atoms with Gasteiger partial charge in [0.25, 0.3) is 0 Å². The van der Waals surface area contributed by atoms with Gasteiger partial charge in [-0.1, -0.05) is 36.4 Å². The van der Waals surface area contributed by atoms with E-state index >= 15 is 0 Å². The molecule has 116 valence electrons. The smallest absolute Gasteiger partial charge is 0.316 e. The molecule has 0 bridgehead atoms. The van der Waals surface area contributed by atoms with Gasteiger partial charge in [0.1, 0.15) is 12.4 Å². The quantitative estimate of drug-likeness (QED) is 0.732. The van der Waals surface area contributed by atoms with Crippen molar-refractivity contribution in [1.82, 2.24) is 9.97 Å². The second-order valence-electron chi connectivity index (χ2n) is 4.99. The number of ether oxygens (including phenoxy) is 2. The molecule has 0 spiro atoms. The van der Waals surface area contributed by atoms with E-state index in [0.29, 0.717) is 24.1 Å². The van der Waals surface area contributed by atoms with Crippen molar-refractivity contribution in [3.8, 4) is 22.9 Å². The van der Waals surface area contributed by atoms with Crippen molar-refractivity contribution in [2.45, 2.75) is 6.61 Å². The van der Waals surface area contributed by atoms with Crippen molar-refractivity contribution >= 4 is 5.69 Å². The molecule has 0 amide bonds. The van der Waals surface area contributed by atoms with Crippen LogP contribution in [0.3, 0.4) is 0 Å². The lowest BCUT2D eigenvalue weighted by molar-refractivity contribution is 0.308. The second-order valence-corrected chi connectivity index (χ2v) is 4.99. The molecule has 0 radical (unpaired) electrons. The molecule has 5 heteroatoms. The van der Waals surface area contributed by atoms with E-state index in [9.17, 15) is 0 Å². The number of benzene rings is 2. The number of nitrogen functional groups attached to an aromatic ring is 1. The number of hydrogen-bond donors (Lipinski definition) is 1. The largest absolute Gasteiger partial charge is 0.487 e. The number of nitrogens with two attached hydrogens (primary N) is 1. The normalized spacial score (nSPS) is 10.3. The van der Waals surface area contributed by atoms with Crippen LogP contribution in [-0.4, -0.2) is 17.1 Å². The minimum atomic E-state index is 0.338. The highest BCUT2D eigenvalue weighted by atomic mass is 16.5. The van der Waals surface area contributed by atoms with Crippen molar-refractivity contribution in [2.75, 3.05) is 12.8 Å². The molecule has 3 aromatic rings. The van der Waals surface area contributed by atoms with Crippen molar-refractivity contribution in [2.24, 2.45) is 0 Å². The average molecular weight is 307 g/mol. The Balaban J connectivity index is 1.74. The van der Waals surface area contributed by atoms with Crippen molar-refractivity contribution in [3.05, 3.63) is 66.5 Å². The van der Waals surface area contributed by atoms with Crippen LogP contribution in [0.5, 0.6) is 11.8 Å². The standard InChI is InChI=1S/C18H17N3O2/c1-22-18-20-10-15(11-21-18)14-7-8-17(16(19)9-14)23-12-13-5-3-2-4-6-13/h2-11H,12,19H2,1H3. The molecule has 0 aliphatic carbocycles. The summed E-state index contributed by atoms with van der Waals surface area (Å²) in [4.78, 5) is 8.19. The number of rotatable bonds is 5. The van der Waals surface area contributed by atoms with E-state index in [1.807, 2.05) is 48.5 Å². The van der Waals surface area contributed by atoms with E-state index in [-0.39, 0.29) is 0 Å². The summed E-state index contributed by atoms with van der Waals surface area (Å²) in [6.07, 6.45) is 3.40. The van der Waals surface area contributed by atoms with Gasteiger partial charge in [-0.2, -0.15) is 0 Å². The Kier molecular flexibility index (Phi) is 4.38. The van der Waals surface area contributed by atoms with Gasteiger partial charge in [-0.15, -0.1) is 0 Å². The Morgan fingerprint density at radius 3 is 2.35 bits per heavy atom. The highest BCUT2D eigenvalue weighted by Crippen LogP contribution is 2.28. The Morgan fingerprint density at radius 1 is 0.957 bits per heavy atom. The lowest BCUT2D eigenvalue weighted by Crippen LogP contribution is -1.99. The average Bonchev–Trinajstić information content (AvgIpc) is 2.61. The highest BCUT2D eigenvalue weighted by molar-refractivity contribution is 5.69. The van der Waals surface area contributed by atoms with Crippen LogP contribution in [0.4, 0.5) is 5.69 Å². The fraction of sp³-hybridized carbons (Fsp3) is 0.111. The minimum Gasteiger partial charge on any atom is -0.487 e. The first kappa shape index (κ1) is 14.8. The fourth-order valence-electron chi connectivity index (χ4n) is 2.17. The molecule has 2 aromatic carbocycles. The van der Waals surface area contributed by atoms with Crippen LogP contribution in [0.1, 0.15) is 5.56 Å². The maximum Gasteiger partial charge on any atom is 0.316 e. The SMILES string of the molecule is COc1ncc(-c2ccc(OCc3ccccc3)c(N)c2)cn1. The maximum absolute atomic E-state index is 6.09. The molecular formula is C18H17N3O2. The van der Waals surface area contributed by atoms with Crippen LogP contribution in [0.2, 0.25) is 0 Å². The van der Waals surface area contributed by atoms with Crippen LogP contribution in [-0.2, 0) is 6.61 Å². The molecule has 1 aromatic heterocycles. The zero-order valence-electron chi connectivity index (χ0n) is 12.8. The second kappa shape index (κ2) is 6.79. The Hall–Kier alpha value is -3.08. The molecule has 2 N–H and O–H groups in total. The summed E-state index contributed by atoms with van der Waals surface area (Å²) >= 11 is 0. The predicted octanol–water partition coefficient (Wildman–Crippen LogP) is 3.31. The van der Waals surface area contributed by atoms with Gasteiger partial charge in [0, 0.05) is 18.0 Å². The minimum absolute atomic E-state index is 0.338. The first-order valence-electron chi connectivity index (χ1n) is 7.19. The molecule has 0 saturated carbocycles. The summed E-state index contributed by atoms with van der Waals surface area (Å²) in [5.41, 5.74) is 9.56. The molecule has 23 heavy (non-hydrogen) atoms. The third kappa shape index (κ3) is 3.58. The van der Waals surface area contributed by atoms with Gasteiger partial charge in [-0.25, -0.2) is 9.97 Å². The molecule has 5 nitrogen and oxygen atoms in total. The van der Waals surface area contributed by atoms with E-state index in [1.165, 1.54) is 7.11 Å². The Morgan fingerprint density at radius 2 is 1.70 bits per heavy atom. The number of aromatic nitrogens is 2. The molecule has 0 unspecified atom stereocenters. The van der Waals surface area contributed by atoms with Crippen LogP contribution < -0.4 is 15.2 Å². The van der Waals surface area contributed by atoms with Gasteiger partial charge in [-0.3, -0.25) is 0 Å². The van der Waals surface area contributed by atoms with E-state index < -0.39 is 0 Å². The predicted molar refractivity (Wildman–Crippen MR) is 89.2 cm³/mol. The molecule has 0 saturated heterocycles. The molecule has 3 rings (SSSR count). The van der Waals surface area contributed by atoms with Crippen molar-refractivity contribution in [3.63, 3.8) is 0 Å². The summed E-state index contributed by atoms with van der Waals surface area (Å²) in [5.74, 6) is 0.659. The van der Waals surface area contributed by atoms with Crippen molar-refractivity contribution in [1.29, 1.82) is 0 Å². The number of nitrogens with zero attached hydrogens (tertiary/aromatic N) is 2. The zero-order valence-corrected chi connectivity index (χ0v) is 12.8. The first-order valence-corrected chi connectivity index (χ1v) is 7.19. The van der Waals surface area contributed by atoms with Gasteiger partial charge in [0.05, 0.1) is 12.8 Å². The van der Waals surface area contributed by atoms with Gasteiger partial charge in [0.2, 0.25) is 0 Å². The lowest BCUT2D eigenvalue weighted by atomic mass is 10.1. The Bertz CT molecular complexity index is 774. The van der Waals surface area contributed by atoms with Crippen LogP contribution in [0, 0.1) is 0 Å². The van der Waals surface area contributed by atoms with Crippen LogP contribution in [0.15, 0.2) is 60.9 Å². The first-order chi connectivity index (χ1) is 11.3. The monoisotopic (exact) mass is 307 g/mol. The highest BCUT2D eigenvalue weighted by Gasteiger charge is 2.06. The summed E-state index contributed by atoms with van der Waals surface area (Å²) in [6, 6.07) is 15.9. The summed E-state index contributed by atoms with van der Waals surface area (Å²) < 4.78 is 10.7. The third-order valence-electron chi connectivity index (χ3n) is 3.39. The van der Waals surface area contributed by atoms with Gasteiger partial charge >= 0.3 is 6.01 Å². The van der Waals surface area contributed by atoms with E-state index in [4.69, 9.17) is 15.2 Å². The third-order valence-corrected chi connectivity index (χ3v) is 3.39. The summed E-state index contributed by atoms with van der Waals surface area (Å²) in [5, 5.41) is 0. The molecule has 1 heterocycles. The summed E-state index contributed by atoms with van der Waals surface area (Å²) in [7, 11) is 1.53. The van der Waals surface area contributed by atoms with E-state index in [1.54, 1.807) is 12.4 Å². The molecule has 0 aliphatic heterocycles. The van der Waals surface area contributed by atoms with Crippen LogP contribution >= 0.6 is 0 Å². The maximum atomic E-state index is 6.09. The number of anilines is 1. The zero-order chi connectivity index (χ0) is 16.1. The topological polar surface area (TPSA) is 70.3 Å². The lowest BCUT2D eigenvalue weighted by Gasteiger charge is -2.10. The summed E-state index contributed by atoms with van der Waals surface area (Å²) in [6.45, 7) is 0.482. The Labute approximate surface area is 134 Å². The molecule has 0 aliphatic rings. The van der Waals surface area contributed by atoms with E-state index in [2.05, 4.69) is 9.97 Å². The molecule has 0 fully saturated rings. The van der Waals surface area contributed by atoms with Crippen LogP contribution in [0.25, 0.3) is 11.1 Å². The van der Waals surface area contributed by atoms with Gasteiger partial charge in [0.15, 0.2) is 0 Å². The van der Waals surface area contributed by atoms with Gasteiger partial charge in [-0.05, 0) is 23.3 Å². The van der Waals surface area contributed by atoms with Gasteiger partial charge < -0.3 is 15.2 Å². The number of hydrogen-bond acceptors (Lipinski definition) is 5. The molecular weight excluding hydrogens is 290 g/mol. The van der Waals surface area contributed by atoms with Crippen molar-refractivity contribution < 1.29 is 9.47 Å². The fourth-order valence-corrected chi connectivity index (χ4v) is 2.17.